The molecule has 4 rings (SSSR count). The monoisotopic (exact) mass is 462 g/mol. The van der Waals surface area contributed by atoms with Gasteiger partial charge in [-0.1, -0.05) is 60.7 Å². The number of carboxylic acid groups (broad SMARTS) is 1. The van der Waals surface area contributed by atoms with Crippen molar-refractivity contribution in [2.45, 2.75) is 44.1 Å². The van der Waals surface area contributed by atoms with Gasteiger partial charge >= 0.3 is 12.1 Å². The highest BCUT2D eigenvalue weighted by atomic mass is 16.5. The van der Waals surface area contributed by atoms with Crippen molar-refractivity contribution < 1.29 is 24.2 Å². The number of nitrogens with one attached hydrogen (secondary N) is 2. The topological polar surface area (TPSA) is 105 Å². The first-order chi connectivity index (χ1) is 16.5. The maximum atomic E-state index is 12.7. The van der Waals surface area contributed by atoms with Crippen LogP contribution in [0.5, 0.6) is 0 Å². The highest BCUT2D eigenvalue weighted by molar-refractivity contribution is 5.89. The molecule has 1 unspecified atom stereocenters. The van der Waals surface area contributed by atoms with Crippen molar-refractivity contribution in [2.24, 2.45) is 5.92 Å². The highest BCUT2D eigenvalue weighted by Gasteiger charge is 2.30. The van der Waals surface area contributed by atoms with Crippen LogP contribution in [-0.2, 0) is 14.3 Å². The minimum Gasteiger partial charge on any atom is -0.481 e. The summed E-state index contributed by atoms with van der Waals surface area (Å²) in [6, 6.07) is 14.8. The molecule has 0 spiro atoms. The van der Waals surface area contributed by atoms with E-state index in [-0.39, 0.29) is 12.5 Å². The van der Waals surface area contributed by atoms with E-state index in [1.807, 2.05) is 48.5 Å². The molecule has 7 heteroatoms. The number of allylic oxidation sites excluding steroid dienone is 2. The van der Waals surface area contributed by atoms with Crippen LogP contribution in [0.25, 0.3) is 11.1 Å². The molecular formula is C27H30N2O5. The maximum Gasteiger partial charge on any atom is 0.407 e. The molecule has 0 saturated heterocycles. The zero-order valence-corrected chi connectivity index (χ0v) is 19.0. The molecular weight excluding hydrogens is 432 g/mol. The molecule has 2 aliphatic rings. The number of fused-ring (bicyclic) bond motifs is 3. The van der Waals surface area contributed by atoms with Crippen LogP contribution in [0.4, 0.5) is 4.79 Å². The predicted octanol–water partition coefficient (Wildman–Crippen LogP) is 4.23. The van der Waals surface area contributed by atoms with Gasteiger partial charge < -0.3 is 20.5 Å². The smallest absolute Gasteiger partial charge is 0.407 e. The number of benzene rings is 2. The highest BCUT2D eigenvalue weighted by Crippen LogP contribution is 2.44. The number of hydrogen-bond acceptors (Lipinski definition) is 4. The molecule has 34 heavy (non-hydrogen) atoms. The number of alkyl carbamates (subject to hydrolysis) is 1. The number of carboxylic acids is 1. The zero-order chi connectivity index (χ0) is 23.9. The van der Waals surface area contributed by atoms with Gasteiger partial charge in [0.1, 0.15) is 12.6 Å². The zero-order valence-electron chi connectivity index (χ0n) is 19.0. The van der Waals surface area contributed by atoms with E-state index >= 15 is 0 Å². The Morgan fingerprint density at radius 2 is 1.53 bits per heavy atom. The van der Waals surface area contributed by atoms with Crippen LogP contribution >= 0.6 is 0 Å². The lowest BCUT2D eigenvalue weighted by Crippen LogP contribution is -2.49. The van der Waals surface area contributed by atoms with E-state index in [0.717, 1.165) is 47.9 Å². The van der Waals surface area contributed by atoms with Crippen LogP contribution in [0.3, 0.4) is 0 Å². The summed E-state index contributed by atoms with van der Waals surface area (Å²) in [6.07, 6.45) is 6.86. The molecule has 7 nitrogen and oxygen atoms in total. The molecule has 0 saturated carbocycles. The third-order valence-electron chi connectivity index (χ3n) is 6.55. The van der Waals surface area contributed by atoms with Crippen LogP contribution in [0.2, 0.25) is 0 Å². The summed E-state index contributed by atoms with van der Waals surface area (Å²) in [5.41, 5.74) is 4.39. The molecule has 1 atom stereocenters. The van der Waals surface area contributed by atoms with Crippen LogP contribution in [0.1, 0.15) is 49.1 Å². The van der Waals surface area contributed by atoms with E-state index in [4.69, 9.17) is 4.74 Å². The third kappa shape index (κ3) is 5.65. The summed E-state index contributed by atoms with van der Waals surface area (Å²) < 4.78 is 5.48. The largest absolute Gasteiger partial charge is 0.481 e. The second-order valence-corrected chi connectivity index (χ2v) is 8.86. The number of carbonyl (C=O) groups is 3. The van der Waals surface area contributed by atoms with Crippen molar-refractivity contribution in [2.75, 3.05) is 13.2 Å². The van der Waals surface area contributed by atoms with Crippen molar-refractivity contribution in [3.05, 3.63) is 71.8 Å². The average Bonchev–Trinajstić information content (AvgIpc) is 2.96. The first-order valence-corrected chi connectivity index (χ1v) is 11.8. The normalized spacial score (nSPS) is 16.1. The first-order valence-electron chi connectivity index (χ1n) is 11.8. The SMILES string of the molecule is O=C(O)CC(NC(=O)OCC1c2ccccc2-c2ccccc21)C(=O)NCC1CCC=CCC1. The lowest BCUT2D eigenvalue weighted by atomic mass is 9.98. The van der Waals surface area contributed by atoms with Gasteiger partial charge in [-0.2, -0.15) is 0 Å². The standard InChI is InChI=1S/C27H30N2O5/c30-25(31)15-24(26(32)28-16-18-9-3-1-2-4-10-18)29-27(33)34-17-23-21-13-7-5-11-19(21)20-12-6-8-14-22(20)23/h1-2,5-8,11-14,18,23-24H,3-4,9-10,15-17H2,(H,28,32)(H,29,33)(H,30,31). The maximum absolute atomic E-state index is 12.7. The molecule has 178 valence electrons. The minimum atomic E-state index is -1.20. The van der Waals surface area contributed by atoms with Gasteiger partial charge in [-0.3, -0.25) is 9.59 Å². The Morgan fingerprint density at radius 3 is 2.12 bits per heavy atom. The second-order valence-electron chi connectivity index (χ2n) is 8.86. The van der Waals surface area contributed by atoms with Gasteiger partial charge in [0, 0.05) is 12.5 Å². The van der Waals surface area contributed by atoms with Gasteiger partial charge in [0.25, 0.3) is 0 Å². The molecule has 0 aliphatic heterocycles. The van der Waals surface area contributed by atoms with E-state index in [9.17, 15) is 19.5 Å². The van der Waals surface area contributed by atoms with Crippen molar-refractivity contribution in [1.82, 2.24) is 10.6 Å². The summed E-state index contributed by atoms with van der Waals surface area (Å²) in [4.78, 5) is 36.5. The predicted molar refractivity (Wildman–Crippen MR) is 128 cm³/mol. The lowest BCUT2D eigenvalue weighted by molar-refractivity contribution is -0.139. The Bertz CT molecular complexity index is 1020. The Hall–Kier alpha value is -3.61. The number of rotatable bonds is 8. The van der Waals surface area contributed by atoms with Crippen LogP contribution in [0.15, 0.2) is 60.7 Å². The number of aliphatic carboxylic acids is 1. The minimum absolute atomic E-state index is 0.0936. The fourth-order valence-corrected chi connectivity index (χ4v) is 4.78. The van der Waals surface area contributed by atoms with Gasteiger partial charge in [0.05, 0.1) is 6.42 Å². The van der Waals surface area contributed by atoms with Gasteiger partial charge in [-0.25, -0.2) is 4.79 Å². The Kier molecular flexibility index (Phi) is 7.62. The lowest BCUT2D eigenvalue weighted by Gasteiger charge is -2.20. The van der Waals surface area contributed by atoms with E-state index in [0.29, 0.717) is 12.5 Å². The fraction of sp³-hybridized carbons (Fsp3) is 0.370. The summed E-state index contributed by atoms with van der Waals surface area (Å²) in [6.45, 7) is 0.555. The summed E-state index contributed by atoms with van der Waals surface area (Å²) in [7, 11) is 0. The average molecular weight is 463 g/mol. The van der Waals surface area contributed by atoms with E-state index in [1.54, 1.807) is 0 Å². The number of carbonyl (C=O) groups excluding carboxylic acids is 2. The number of ether oxygens (including phenoxy) is 1. The molecule has 0 heterocycles. The van der Waals surface area contributed by atoms with Crippen molar-refractivity contribution in [3.63, 3.8) is 0 Å². The molecule has 0 radical (unpaired) electrons. The molecule has 3 N–H and O–H groups in total. The van der Waals surface area contributed by atoms with Gasteiger partial charge in [-0.15, -0.1) is 0 Å². The summed E-state index contributed by atoms with van der Waals surface area (Å²) >= 11 is 0. The summed E-state index contributed by atoms with van der Waals surface area (Å²) in [5, 5.41) is 14.5. The molecule has 2 aliphatic carbocycles. The van der Waals surface area contributed by atoms with Gasteiger partial charge in [0.2, 0.25) is 5.91 Å². The number of amides is 2. The Morgan fingerprint density at radius 1 is 0.941 bits per heavy atom. The molecule has 2 aromatic carbocycles. The van der Waals surface area contributed by atoms with Crippen LogP contribution in [0, 0.1) is 5.92 Å². The molecule has 0 aromatic heterocycles. The molecule has 0 bridgehead atoms. The molecule has 0 fully saturated rings. The second kappa shape index (κ2) is 11.0. The first kappa shape index (κ1) is 23.5. The van der Waals surface area contributed by atoms with E-state index in [2.05, 4.69) is 22.8 Å². The van der Waals surface area contributed by atoms with E-state index < -0.39 is 30.4 Å². The quantitative estimate of drug-likeness (QED) is 0.509. The molecule has 2 aromatic rings. The van der Waals surface area contributed by atoms with Gasteiger partial charge in [0.15, 0.2) is 0 Å². The van der Waals surface area contributed by atoms with Crippen molar-refractivity contribution in [1.29, 1.82) is 0 Å². The van der Waals surface area contributed by atoms with Crippen molar-refractivity contribution >= 4 is 18.0 Å². The Balaban J connectivity index is 1.35. The van der Waals surface area contributed by atoms with Crippen molar-refractivity contribution in [3.8, 4) is 11.1 Å². The van der Waals surface area contributed by atoms with Gasteiger partial charge in [-0.05, 0) is 53.9 Å². The Labute approximate surface area is 199 Å². The van der Waals surface area contributed by atoms with Crippen LogP contribution < -0.4 is 10.6 Å². The van der Waals surface area contributed by atoms with Crippen LogP contribution in [-0.4, -0.2) is 42.3 Å². The third-order valence-corrected chi connectivity index (χ3v) is 6.55. The fourth-order valence-electron chi connectivity index (χ4n) is 4.78. The number of hydrogen-bond donors (Lipinski definition) is 3. The molecule has 2 amide bonds. The van der Waals surface area contributed by atoms with E-state index in [1.165, 1.54) is 0 Å². The summed E-state index contributed by atoms with van der Waals surface area (Å²) in [5.74, 6) is -1.46.